The Morgan fingerprint density at radius 3 is 2.26 bits per heavy atom. The van der Waals surface area contributed by atoms with Crippen molar-refractivity contribution < 1.29 is 33.4 Å². The first-order valence-electron chi connectivity index (χ1n) is 15.1. The minimum Gasteiger partial charge on any atom is -0.480 e. The van der Waals surface area contributed by atoms with E-state index in [2.05, 4.69) is 10.6 Å². The summed E-state index contributed by atoms with van der Waals surface area (Å²) in [5, 5.41) is 5.46. The SMILES string of the molecule is CCOC1C(=O)N(C(C(C)=O)C(=O)Nc2cc(NC(=O)C(CC)Oc3ccc(C)cc3C)ccc2Cl)C(=O)C1Cc1ccccc1. The van der Waals surface area contributed by atoms with Gasteiger partial charge in [0.15, 0.2) is 17.9 Å². The van der Waals surface area contributed by atoms with Crippen LogP contribution in [0.5, 0.6) is 5.75 Å². The molecule has 1 aliphatic heterocycles. The molecule has 0 radical (unpaired) electrons. The van der Waals surface area contributed by atoms with E-state index in [4.69, 9.17) is 21.1 Å². The third kappa shape index (κ3) is 7.81. The van der Waals surface area contributed by atoms with Crippen LogP contribution in [0.1, 0.15) is 43.9 Å². The van der Waals surface area contributed by atoms with Crippen LogP contribution in [-0.2, 0) is 35.1 Å². The molecular weight excluding hydrogens is 610 g/mol. The third-order valence-electron chi connectivity index (χ3n) is 7.69. The molecule has 0 saturated carbocycles. The molecule has 3 aromatic carbocycles. The fourth-order valence-electron chi connectivity index (χ4n) is 5.42. The van der Waals surface area contributed by atoms with Crippen LogP contribution in [0.4, 0.5) is 11.4 Å². The monoisotopic (exact) mass is 647 g/mol. The molecule has 4 amide bonds. The van der Waals surface area contributed by atoms with E-state index < -0.39 is 53.6 Å². The minimum absolute atomic E-state index is 0.0698. The zero-order valence-electron chi connectivity index (χ0n) is 26.5. The molecule has 4 unspecified atom stereocenters. The van der Waals surface area contributed by atoms with Gasteiger partial charge in [0.1, 0.15) is 11.9 Å². The fraction of sp³-hybridized carbons (Fsp3) is 0.343. The molecule has 1 fully saturated rings. The van der Waals surface area contributed by atoms with Crippen molar-refractivity contribution >= 4 is 52.4 Å². The van der Waals surface area contributed by atoms with E-state index in [1.165, 1.54) is 12.1 Å². The lowest BCUT2D eigenvalue weighted by Crippen LogP contribution is -2.52. The number of nitrogens with one attached hydrogen (secondary N) is 2. The lowest BCUT2D eigenvalue weighted by Gasteiger charge is -2.24. The van der Waals surface area contributed by atoms with Crippen molar-refractivity contribution in [2.24, 2.45) is 5.92 Å². The van der Waals surface area contributed by atoms with Gasteiger partial charge in [-0.3, -0.25) is 28.9 Å². The number of Topliss-reactive ketones (excluding diaryl/α,β-unsaturated/α-hetero) is 1. The minimum atomic E-state index is -1.76. The van der Waals surface area contributed by atoms with Crippen molar-refractivity contribution in [3.63, 3.8) is 0 Å². The topological polar surface area (TPSA) is 131 Å². The molecule has 4 rings (SSSR count). The number of hydrogen-bond donors (Lipinski definition) is 2. The summed E-state index contributed by atoms with van der Waals surface area (Å²) in [6.07, 6.45) is -1.36. The lowest BCUT2D eigenvalue weighted by molar-refractivity contribution is -0.151. The molecule has 0 aromatic heterocycles. The molecule has 0 bridgehead atoms. The zero-order chi connectivity index (χ0) is 33.5. The third-order valence-corrected chi connectivity index (χ3v) is 8.02. The van der Waals surface area contributed by atoms with E-state index >= 15 is 0 Å². The number of anilines is 2. The summed E-state index contributed by atoms with van der Waals surface area (Å²) >= 11 is 6.38. The second-order valence-electron chi connectivity index (χ2n) is 11.2. The van der Waals surface area contributed by atoms with Gasteiger partial charge in [0, 0.05) is 12.3 Å². The summed E-state index contributed by atoms with van der Waals surface area (Å²) in [5.74, 6) is -3.82. The van der Waals surface area contributed by atoms with E-state index in [1.807, 2.05) is 69.3 Å². The van der Waals surface area contributed by atoms with Crippen LogP contribution in [0.3, 0.4) is 0 Å². The second-order valence-corrected chi connectivity index (χ2v) is 11.6. The van der Waals surface area contributed by atoms with E-state index in [1.54, 1.807) is 13.0 Å². The van der Waals surface area contributed by atoms with Gasteiger partial charge in [-0.05, 0) is 75.9 Å². The highest BCUT2D eigenvalue weighted by molar-refractivity contribution is 6.34. The molecule has 2 N–H and O–H groups in total. The first-order valence-corrected chi connectivity index (χ1v) is 15.5. The molecule has 46 heavy (non-hydrogen) atoms. The van der Waals surface area contributed by atoms with Crippen molar-refractivity contribution in [2.45, 2.75) is 65.7 Å². The maximum absolute atomic E-state index is 13.6. The number of carbonyl (C=O) groups is 5. The predicted octanol–water partition coefficient (Wildman–Crippen LogP) is 5.28. The number of rotatable bonds is 13. The van der Waals surface area contributed by atoms with Gasteiger partial charge in [0.2, 0.25) is 5.91 Å². The average molecular weight is 648 g/mol. The normalized spacial score (nSPS) is 17.4. The summed E-state index contributed by atoms with van der Waals surface area (Å²) < 4.78 is 11.6. The van der Waals surface area contributed by atoms with Gasteiger partial charge >= 0.3 is 0 Å². The van der Waals surface area contributed by atoms with Gasteiger partial charge in [-0.15, -0.1) is 0 Å². The Morgan fingerprint density at radius 2 is 1.63 bits per heavy atom. The van der Waals surface area contributed by atoms with Crippen LogP contribution >= 0.6 is 11.6 Å². The van der Waals surface area contributed by atoms with Crippen molar-refractivity contribution in [1.82, 2.24) is 4.90 Å². The summed E-state index contributed by atoms with van der Waals surface area (Å²) in [6, 6.07) is 17.5. The molecule has 10 nitrogen and oxygen atoms in total. The summed E-state index contributed by atoms with van der Waals surface area (Å²) in [4.78, 5) is 67.3. The van der Waals surface area contributed by atoms with Crippen LogP contribution in [0.2, 0.25) is 5.02 Å². The zero-order valence-corrected chi connectivity index (χ0v) is 27.2. The molecule has 242 valence electrons. The van der Waals surface area contributed by atoms with E-state index in [9.17, 15) is 24.0 Å². The van der Waals surface area contributed by atoms with Gasteiger partial charge in [0.25, 0.3) is 17.7 Å². The van der Waals surface area contributed by atoms with Gasteiger partial charge in [0.05, 0.1) is 16.6 Å². The Hall–Kier alpha value is -4.54. The standard InChI is InChI=1S/C35H38ClN3O7/c1-6-28(46-29-16-13-20(3)17-21(29)4)32(41)37-24-14-15-26(36)27(19-24)38-33(42)30(22(5)40)39-34(43)25(31(35(39)44)45-7-2)18-23-11-9-8-10-12-23/h8-17,19,25,28,30-31H,6-7,18H2,1-5H3,(H,37,41)(H,38,42). The Labute approximate surface area is 273 Å². The molecule has 4 atom stereocenters. The van der Waals surface area contributed by atoms with E-state index in [-0.39, 0.29) is 23.7 Å². The maximum atomic E-state index is 13.6. The van der Waals surface area contributed by atoms with E-state index in [0.717, 1.165) is 23.6 Å². The van der Waals surface area contributed by atoms with E-state index in [0.29, 0.717) is 22.8 Å². The molecule has 3 aromatic rings. The Balaban J connectivity index is 1.52. The largest absolute Gasteiger partial charge is 0.480 e. The summed E-state index contributed by atoms with van der Waals surface area (Å²) in [6.45, 7) is 8.68. The summed E-state index contributed by atoms with van der Waals surface area (Å²) in [7, 11) is 0. The number of ether oxygens (including phenoxy) is 2. The molecule has 11 heteroatoms. The van der Waals surface area contributed by atoms with Gasteiger partial charge < -0.3 is 20.1 Å². The number of imide groups is 1. The highest BCUT2D eigenvalue weighted by Gasteiger charge is 2.53. The van der Waals surface area contributed by atoms with Crippen LogP contribution in [0, 0.1) is 19.8 Å². The maximum Gasteiger partial charge on any atom is 0.265 e. The van der Waals surface area contributed by atoms with Crippen LogP contribution < -0.4 is 15.4 Å². The van der Waals surface area contributed by atoms with Gasteiger partial charge in [-0.25, -0.2) is 0 Å². The van der Waals surface area contributed by atoms with Crippen LogP contribution in [-0.4, -0.2) is 59.2 Å². The van der Waals surface area contributed by atoms with Gasteiger partial charge in [-0.1, -0.05) is 66.6 Å². The Bertz CT molecular complexity index is 1630. The number of hydrogen-bond acceptors (Lipinski definition) is 7. The number of halogens is 1. The lowest BCUT2D eigenvalue weighted by atomic mass is 9.95. The Morgan fingerprint density at radius 1 is 0.913 bits per heavy atom. The number of aryl methyl sites for hydroxylation is 2. The fourth-order valence-corrected chi connectivity index (χ4v) is 5.59. The number of benzene rings is 3. The molecule has 1 heterocycles. The number of nitrogens with zero attached hydrogens (tertiary/aromatic N) is 1. The van der Waals surface area contributed by atoms with Gasteiger partial charge in [-0.2, -0.15) is 0 Å². The number of likely N-dealkylation sites (tertiary alicyclic amines) is 1. The van der Waals surface area contributed by atoms with Crippen molar-refractivity contribution in [2.75, 3.05) is 17.2 Å². The quantitative estimate of drug-likeness (QED) is 0.191. The average Bonchev–Trinajstić information content (AvgIpc) is 3.23. The molecule has 1 saturated heterocycles. The highest BCUT2D eigenvalue weighted by Crippen LogP contribution is 2.31. The number of ketones is 1. The second kappa shape index (κ2) is 15.2. The molecule has 0 spiro atoms. The Kier molecular flexibility index (Phi) is 11.3. The summed E-state index contributed by atoms with van der Waals surface area (Å²) in [5.41, 5.74) is 3.15. The smallest absolute Gasteiger partial charge is 0.265 e. The molecule has 1 aliphatic rings. The van der Waals surface area contributed by atoms with Crippen molar-refractivity contribution in [3.05, 3.63) is 88.4 Å². The van der Waals surface area contributed by atoms with Crippen molar-refractivity contribution in [1.29, 1.82) is 0 Å². The van der Waals surface area contributed by atoms with Crippen molar-refractivity contribution in [3.8, 4) is 5.75 Å². The molecule has 0 aliphatic carbocycles. The van der Waals surface area contributed by atoms with Crippen LogP contribution in [0.15, 0.2) is 66.7 Å². The predicted molar refractivity (Wildman–Crippen MR) is 175 cm³/mol. The number of amides is 4. The first kappa shape index (κ1) is 34.3. The molecular formula is C35H38ClN3O7. The number of carbonyl (C=O) groups excluding carboxylic acids is 5. The highest BCUT2D eigenvalue weighted by atomic mass is 35.5. The first-order chi connectivity index (χ1) is 21.9. The van der Waals surface area contributed by atoms with Crippen LogP contribution in [0.25, 0.3) is 0 Å².